The van der Waals surface area contributed by atoms with Crippen LogP contribution in [0.5, 0.6) is 0 Å². The molecule has 0 radical (unpaired) electrons. The molecule has 2 aliphatic heterocycles. The molecule has 5 nitrogen and oxygen atoms in total. The summed E-state index contributed by atoms with van der Waals surface area (Å²) < 4.78 is 26.1. The number of anilines is 2. The van der Waals surface area contributed by atoms with E-state index in [0.29, 0.717) is 18.8 Å². The molecule has 4 rings (SSSR count). The summed E-state index contributed by atoms with van der Waals surface area (Å²) >= 11 is 0. The van der Waals surface area contributed by atoms with E-state index in [-0.39, 0.29) is 23.6 Å². The molecule has 0 spiro atoms. The van der Waals surface area contributed by atoms with Gasteiger partial charge in [-0.2, -0.15) is 0 Å². The van der Waals surface area contributed by atoms with Gasteiger partial charge in [0.05, 0.1) is 23.3 Å². The molecule has 2 saturated heterocycles. The van der Waals surface area contributed by atoms with E-state index in [4.69, 9.17) is 9.26 Å². The molecule has 23 heavy (non-hydrogen) atoms. The summed E-state index contributed by atoms with van der Waals surface area (Å²) in [7, 11) is 0. The lowest BCUT2D eigenvalue weighted by Crippen LogP contribution is -2.45. The van der Waals surface area contributed by atoms with Crippen LogP contribution in [0.4, 0.5) is 15.9 Å². The lowest BCUT2D eigenvalue weighted by molar-refractivity contribution is -0.00538. The second kappa shape index (κ2) is 5.67. The fourth-order valence-corrected chi connectivity index (χ4v) is 3.72. The minimum Gasteiger partial charge on any atom is -0.372 e. The first-order valence-electron chi connectivity index (χ1n) is 8.36. The zero-order valence-electron chi connectivity index (χ0n) is 13.6. The molecule has 0 aliphatic carbocycles. The van der Waals surface area contributed by atoms with Gasteiger partial charge in [0, 0.05) is 26.2 Å². The average molecular weight is 319 g/mol. The molecule has 6 heteroatoms. The van der Waals surface area contributed by atoms with Crippen molar-refractivity contribution in [2.45, 2.75) is 38.9 Å². The van der Waals surface area contributed by atoms with E-state index in [1.807, 2.05) is 30.9 Å². The highest BCUT2D eigenvalue weighted by atomic mass is 19.1. The second-order valence-corrected chi connectivity index (χ2v) is 6.64. The van der Waals surface area contributed by atoms with E-state index < -0.39 is 0 Å². The molecule has 0 bridgehead atoms. The number of rotatable bonds is 2. The molecule has 2 fully saturated rings. The molecule has 0 unspecified atom stereocenters. The third-order valence-electron chi connectivity index (χ3n) is 4.71. The van der Waals surface area contributed by atoms with Crippen LogP contribution in [0.25, 0.3) is 11.0 Å². The summed E-state index contributed by atoms with van der Waals surface area (Å²) in [5.74, 6) is 0.452. The number of hydrogen-bond donors (Lipinski definition) is 0. The Hall–Kier alpha value is -1.82. The van der Waals surface area contributed by atoms with Gasteiger partial charge in [-0.1, -0.05) is 5.16 Å². The molecule has 0 saturated carbocycles. The quantitative estimate of drug-likeness (QED) is 0.850. The van der Waals surface area contributed by atoms with Gasteiger partial charge in [-0.15, -0.1) is 0 Å². The van der Waals surface area contributed by atoms with Gasteiger partial charge in [-0.05, 0) is 38.8 Å². The number of halogens is 1. The summed E-state index contributed by atoms with van der Waals surface area (Å²) in [6, 6.07) is 3.78. The molecule has 1 aromatic heterocycles. The van der Waals surface area contributed by atoms with Crippen LogP contribution in [-0.4, -0.2) is 43.5 Å². The van der Waals surface area contributed by atoms with Gasteiger partial charge < -0.3 is 19.1 Å². The number of fused-ring (bicyclic) bond motifs is 1. The van der Waals surface area contributed by atoms with Crippen molar-refractivity contribution >= 4 is 22.5 Å². The summed E-state index contributed by atoms with van der Waals surface area (Å²) in [6.07, 6.45) is 2.48. The van der Waals surface area contributed by atoms with E-state index in [1.165, 1.54) is 0 Å². The SMILES string of the molecule is C[C@@H]1CN(c2ccc3c(N4CCCC4)noc3c2F)C[C@H](C)O1. The van der Waals surface area contributed by atoms with Crippen LogP contribution in [0.15, 0.2) is 16.7 Å². The number of hydrogen-bond acceptors (Lipinski definition) is 5. The van der Waals surface area contributed by atoms with Crippen LogP contribution >= 0.6 is 0 Å². The fraction of sp³-hybridized carbons (Fsp3) is 0.588. The molecule has 2 aliphatic rings. The Labute approximate surface area is 135 Å². The smallest absolute Gasteiger partial charge is 0.206 e. The first-order valence-corrected chi connectivity index (χ1v) is 8.36. The van der Waals surface area contributed by atoms with E-state index in [1.54, 1.807) is 0 Å². The van der Waals surface area contributed by atoms with Crippen LogP contribution in [0.2, 0.25) is 0 Å². The molecule has 1 aromatic carbocycles. The molecular formula is C17H22FN3O2. The Morgan fingerprint density at radius 2 is 1.78 bits per heavy atom. The van der Waals surface area contributed by atoms with Gasteiger partial charge in [0.1, 0.15) is 0 Å². The van der Waals surface area contributed by atoms with Gasteiger partial charge in [0.2, 0.25) is 5.58 Å². The third-order valence-corrected chi connectivity index (χ3v) is 4.71. The van der Waals surface area contributed by atoms with E-state index in [2.05, 4.69) is 10.1 Å². The van der Waals surface area contributed by atoms with Crippen molar-refractivity contribution in [1.29, 1.82) is 0 Å². The van der Waals surface area contributed by atoms with Crippen LogP contribution in [0, 0.1) is 5.82 Å². The second-order valence-electron chi connectivity index (χ2n) is 6.64. The predicted molar refractivity (Wildman–Crippen MR) is 87.6 cm³/mol. The maximum absolute atomic E-state index is 15.0. The minimum absolute atomic E-state index is 0.0868. The zero-order chi connectivity index (χ0) is 16.0. The van der Waals surface area contributed by atoms with Crippen molar-refractivity contribution < 1.29 is 13.7 Å². The fourth-order valence-electron chi connectivity index (χ4n) is 3.72. The lowest BCUT2D eigenvalue weighted by atomic mass is 10.1. The van der Waals surface area contributed by atoms with Crippen LogP contribution in [-0.2, 0) is 4.74 Å². The van der Waals surface area contributed by atoms with E-state index >= 15 is 0 Å². The topological polar surface area (TPSA) is 41.7 Å². The standard InChI is InChI=1S/C17H22FN3O2/c1-11-9-21(10-12(2)22-11)14-6-5-13-16(15(14)18)23-19-17(13)20-7-3-4-8-20/h5-6,11-12H,3-4,7-10H2,1-2H3/t11-,12+. The summed E-state index contributed by atoms with van der Waals surface area (Å²) in [6.45, 7) is 7.31. The van der Waals surface area contributed by atoms with Crippen molar-refractivity contribution in [3.63, 3.8) is 0 Å². The third kappa shape index (κ3) is 2.55. The highest BCUT2D eigenvalue weighted by molar-refractivity contribution is 5.91. The number of ether oxygens (including phenoxy) is 1. The van der Waals surface area contributed by atoms with Crippen molar-refractivity contribution in [3.05, 3.63) is 17.9 Å². The Morgan fingerprint density at radius 1 is 1.09 bits per heavy atom. The van der Waals surface area contributed by atoms with Crippen molar-refractivity contribution in [2.75, 3.05) is 36.0 Å². The van der Waals surface area contributed by atoms with Gasteiger partial charge in [-0.3, -0.25) is 0 Å². The number of morpholine rings is 1. The van der Waals surface area contributed by atoms with Crippen LogP contribution in [0.3, 0.4) is 0 Å². The largest absolute Gasteiger partial charge is 0.372 e. The Bertz CT molecular complexity index is 701. The van der Waals surface area contributed by atoms with Gasteiger partial charge in [-0.25, -0.2) is 4.39 Å². The van der Waals surface area contributed by atoms with Crippen LogP contribution < -0.4 is 9.80 Å². The lowest BCUT2D eigenvalue weighted by Gasteiger charge is -2.36. The zero-order valence-corrected chi connectivity index (χ0v) is 13.6. The van der Waals surface area contributed by atoms with E-state index in [0.717, 1.165) is 37.1 Å². The monoisotopic (exact) mass is 319 g/mol. The molecule has 124 valence electrons. The molecule has 2 atom stereocenters. The Balaban J connectivity index is 1.71. The summed E-state index contributed by atoms with van der Waals surface area (Å²) in [5.41, 5.74) is 0.833. The normalized spacial score (nSPS) is 25.5. The first-order chi connectivity index (χ1) is 11.1. The van der Waals surface area contributed by atoms with Crippen molar-refractivity contribution in [2.24, 2.45) is 0 Å². The average Bonchev–Trinajstić information content (AvgIpc) is 3.15. The van der Waals surface area contributed by atoms with Crippen LogP contribution in [0.1, 0.15) is 26.7 Å². The van der Waals surface area contributed by atoms with Gasteiger partial charge in [0.15, 0.2) is 11.6 Å². The Morgan fingerprint density at radius 3 is 2.48 bits per heavy atom. The molecule has 0 N–H and O–H groups in total. The van der Waals surface area contributed by atoms with Crippen molar-refractivity contribution in [3.8, 4) is 0 Å². The molecule has 3 heterocycles. The molecule has 2 aromatic rings. The number of benzene rings is 1. The molecular weight excluding hydrogens is 297 g/mol. The van der Waals surface area contributed by atoms with Gasteiger partial charge in [0.25, 0.3) is 0 Å². The molecule has 0 amide bonds. The van der Waals surface area contributed by atoms with E-state index in [9.17, 15) is 4.39 Å². The Kier molecular flexibility index (Phi) is 3.64. The number of nitrogens with zero attached hydrogens (tertiary/aromatic N) is 3. The summed E-state index contributed by atoms with van der Waals surface area (Å²) in [4.78, 5) is 4.20. The predicted octanol–water partition coefficient (Wildman–Crippen LogP) is 3.18. The first kappa shape index (κ1) is 14.8. The highest BCUT2D eigenvalue weighted by Gasteiger charge is 2.27. The minimum atomic E-state index is -0.318. The highest BCUT2D eigenvalue weighted by Crippen LogP contribution is 2.35. The summed E-state index contributed by atoms with van der Waals surface area (Å²) in [5, 5.41) is 4.89. The van der Waals surface area contributed by atoms with Gasteiger partial charge >= 0.3 is 0 Å². The number of aromatic nitrogens is 1. The van der Waals surface area contributed by atoms with Crippen molar-refractivity contribution in [1.82, 2.24) is 5.16 Å². The maximum atomic E-state index is 15.0. The maximum Gasteiger partial charge on any atom is 0.206 e.